The molecule has 0 unspecified atom stereocenters. The minimum Gasteiger partial charge on any atom is -0.497 e. The van der Waals surface area contributed by atoms with E-state index in [2.05, 4.69) is 28.7 Å². The molecule has 0 saturated carbocycles. The summed E-state index contributed by atoms with van der Waals surface area (Å²) in [5, 5.41) is 5.44. The van der Waals surface area contributed by atoms with Gasteiger partial charge < -0.3 is 9.47 Å². The maximum atomic E-state index is 12.8. The SMILES string of the molecule is COCCS(=O)(=O)NC(=O)c1cc(-c2ccc(OC)cc2)c2c(C)nn(CC(C)C)c2n1. The Morgan fingerprint density at radius 2 is 1.88 bits per heavy atom. The lowest BCUT2D eigenvalue weighted by atomic mass is 10.0. The molecule has 3 rings (SSSR count). The van der Waals surface area contributed by atoms with Gasteiger partial charge in [0.1, 0.15) is 11.4 Å². The summed E-state index contributed by atoms with van der Waals surface area (Å²) in [6.07, 6.45) is 0. The fourth-order valence-corrected chi connectivity index (χ4v) is 4.25. The second-order valence-electron chi connectivity index (χ2n) is 7.89. The Morgan fingerprint density at radius 3 is 2.47 bits per heavy atom. The third-order valence-electron chi connectivity index (χ3n) is 4.85. The average molecular weight is 461 g/mol. The number of hydrogen-bond donors (Lipinski definition) is 1. The topological polar surface area (TPSA) is 112 Å². The number of ether oxygens (including phenoxy) is 2. The predicted octanol–water partition coefficient (Wildman–Crippen LogP) is 2.78. The summed E-state index contributed by atoms with van der Waals surface area (Å²) in [4.78, 5) is 17.3. The van der Waals surface area contributed by atoms with Crippen molar-refractivity contribution in [1.82, 2.24) is 19.5 Å². The highest BCUT2D eigenvalue weighted by atomic mass is 32.2. The molecule has 0 bridgehead atoms. The first-order valence-electron chi connectivity index (χ1n) is 10.2. The molecular formula is C22H28N4O5S. The lowest BCUT2D eigenvalue weighted by Gasteiger charge is -2.11. The van der Waals surface area contributed by atoms with Crippen LogP contribution in [0.4, 0.5) is 0 Å². The minimum absolute atomic E-state index is 0.00536. The first kappa shape index (κ1) is 23.7. The summed E-state index contributed by atoms with van der Waals surface area (Å²) < 4.78 is 38.3. The van der Waals surface area contributed by atoms with Gasteiger partial charge in [-0.3, -0.25) is 4.79 Å². The summed E-state index contributed by atoms with van der Waals surface area (Å²) in [6, 6.07) is 9.00. The van der Waals surface area contributed by atoms with Gasteiger partial charge in [-0.15, -0.1) is 0 Å². The van der Waals surface area contributed by atoms with Gasteiger partial charge in [0.15, 0.2) is 5.65 Å². The van der Waals surface area contributed by atoms with Gasteiger partial charge in [-0.25, -0.2) is 22.8 Å². The van der Waals surface area contributed by atoms with Crippen LogP contribution in [0.3, 0.4) is 0 Å². The Balaban J connectivity index is 2.15. The zero-order valence-electron chi connectivity index (χ0n) is 18.9. The van der Waals surface area contributed by atoms with Gasteiger partial charge in [-0.2, -0.15) is 5.10 Å². The standard InChI is InChI=1S/C22H28N4O5S/c1-14(2)13-26-21-20(15(3)24-26)18(16-6-8-17(31-5)9-7-16)12-19(23-21)22(27)25-32(28,29)11-10-30-4/h6-9,12,14H,10-11,13H2,1-5H3,(H,25,27). The molecule has 32 heavy (non-hydrogen) atoms. The van der Waals surface area contributed by atoms with Gasteiger partial charge in [-0.1, -0.05) is 26.0 Å². The first-order chi connectivity index (χ1) is 15.1. The number of aryl methyl sites for hydroxylation is 1. The third-order valence-corrected chi connectivity index (χ3v) is 6.05. The number of nitrogens with zero attached hydrogens (tertiary/aromatic N) is 3. The van der Waals surface area contributed by atoms with Crippen LogP contribution in [0, 0.1) is 12.8 Å². The number of sulfonamides is 1. The molecule has 0 atom stereocenters. The number of methoxy groups -OCH3 is 2. The highest BCUT2D eigenvalue weighted by Crippen LogP contribution is 2.32. The van der Waals surface area contributed by atoms with E-state index in [-0.39, 0.29) is 18.1 Å². The number of rotatable bonds is 9. The Labute approximate surface area is 187 Å². The highest BCUT2D eigenvalue weighted by molar-refractivity contribution is 7.90. The van der Waals surface area contributed by atoms with E-state index >= 15 is 0 Å². The van der Waals surface area contributed by atoms with Crippen LogP contribution in [0.1, 0.15) is 30.0 Å². The largest absolute Gasteiger partial charge is 0.497 e. The van der Waals surface area contributed by atoms with Gasteiger partial charge in [0, 0.05) is 19.0 Å². The van der Waals surface area contributed by atoms with Crippen molar-refractivity contribution in [2.75, 3.05) is 26.6 Å². The molecule has 0 aliphatic carbocycles. The third kappa shape index (κ3) is 5.25. The lowest BCUT2D eigenvalue weighted by Crippen LogP contribution is -2.34. The number of pyridine rings is 1. The van der Waals surface area contributed by atoms with Crippen molar-refractivity contribution in [3.63, 3.8) is 0 Å². The van der Waals surface area contributed by atoms with Crippen molar-refractivity contribution >= 4 is 27.0 Å². The molecule has 0 saturated heterocycles. The molecule has 9 nitrogen and oxygen atoms in total. The fraction of sp³-hybridized carbons (Fsp3) is 0.409. The molecule has 10 heteroatoms. The number of nitrogens with one attached hydrogen (secondary N) is 1. The van der Waals surface area contributed by atoms with Crippen LogP contribution < -0.4 is 9.46 Å². The number of benzene rings is 1. The van der Waals surface area contributed by atoms with E-state index < -0.39 is 15.9 Å². The number of carbonyl (C=O) groups excluding carboxylic acids is 1. The van der Waals surface area contributed by atoms with Gasteiger partial charge in [0.25, 0.3) is 5.91 Å². The molecular weight excluding hydrogens is 432 g/mol. The van der Waals surface area contributed by atoms with Crippen molar-refractivity contribution in [2.45, 2.75) is 27.3 Å². The van der Waals surface area contributed by atoms with Gasteiger partial charge in [0.2, 0.25) is 10.0 Å². The van der Waals surface area contributed by atoms with E-state index in [0.717, 1.165) is 22.2 Å². The number of aromatic nitrogens is 3. The molecule has 1 amide bonds. The fourth-order valence-electron chi connectivity index (χ4n) is 3.38. The second kappa shape index (κ2) is 9.66. The lowest BCUT2D eigenvalue weighted by molar-refractivity contribution is 0.0976. The molecule has 0 aliphatic heterocycles. The zero-order chi connectivity index (χ0) is 23.5. The van der Waals surface area contributed by atoms with Crippen molar-refractivity contribution < 1.29 is 22.7 Å². The molecule has 0 aliphatic rings. The molecule has 1 N–H and O–H groups in total. The quantitative estimate of drug-likeness (QED) is 0.522. The van der Waals surface area contributed by atoms with E-state index in [1.54, 1.807) is 17.9 Å². The summed E-state index contributed by atoms with van der Waals surface area (Å²) in [5.41, 5.74) is 2.88. The van der Waals surface area contributed by atoms with Gasteiger partial charge >= 0.3 is 0 Å². The molecule has 3 aromatic rings. The van der Waals surface area contributed by atoms with Gasteiger partial charge in [0.05, 0.1) is 25.2 Å². The van der Waals surface area contributed by atoms with Crippen LogP contribution in [0.5, 0.6) is 5.75 Å². The minimum atomic E-state index is -3.86. The second-order valence-corrected chi connectivity index (χ2v) is 9.73. The number of carbonyl (C=O) groups is 1. The summed E-state index contributed by atoms with van der Waals surface area (Å²) in [5.74, 6) is -0.121. The van der Waals surface area contributed by atoms with Crippen LogP contribution in [0.25, 0.3) is 22.2 Å². The van der Waals surface area contributed by atoms with Crippen LogP contribution >= 0.6 is 0 Å². The monoisotopic (exact) mass is 460 g/mol. The number of fused-ring (bicyclic) bond motifs is 1. The van der Waals surface area contributed by atoms with Crippen molar-refractivity contribution in [1.29, 1.82) is 0 Å². The first-order valence-corrected chi connectivity index (χ1v) is 11.9. The van der Waals surface area contributed by atoms with Crippen molar-refractivity contribution in [3.8, 4) is 16.9 Å². The van der Waals surface area contributed by atoms with Crippen molar-refractivity contribution in [3.05, 3.63) is 41.7 Å². The summed E-state index contributed by atoms with van der Waals surface area (Å²) in [6.45, 7) is 6.60. The van der Waals surface area contributed by atoms with E-state index in [9.17, 15) is 13.2 Å². The Bertz CT molecular complexity index is 1220. The van der Waals surface area contributed by atoms with Crippen LogP contribution in [0.2, 0.25) is 0 Å². The highest BCUT2D eigenvalue weighted by Gasteiger charge is 2.22. The van der Waals surface area contributed by atoms with Crippen LogP contribution in [0.15, 0.2) is 30.3 Å². The number of hydrogen-bond acceptors (Lipinski definition) is 7. The van der Waals surface area contributed by atoms with Crippen molar-refractivity contribution in [2.24, 2.45) is 5.92 Å². The Hall–Kier alpha value is -2.98. The average Bonchev–Trinajstić information content (AvgIpc) is 3.06. The normalized spacial score (nSPS) is 11.8. The Morgan fingerprint density at radius 1 is 1.19 bits per heavy atom. The molecule has 0 fully saturated rings. The molecule has 2 heterocycles. The maximum Gasteiger partial charge on any atom is 0.283 e. The molecule has 0 radical (unpaired) electrons. The maximum absolute atomic E-state index is 12.8. The van der Waals surface area contributed by atoms with E-state index in [4.69, 9.17) is 9.47 Å². The Kier molecular flexibility index (Phi) is 7.15. The number of amides is 1. The summed E-state index contributed by atoms with van der Waals surface area (Å²) >= 11 is 0. The molecule has 1 aromatic carbocycles. The molecule has 2 aromatic heterocycles. The summed E-state index contributed by atoms with van der Waals surface area (Å²) in [7, 11) is -0.874. The van der Waals surface area contributed by atoms with Gasteiger partial charge in [-0.05, 0) is 42.2 Å². The van der Waals surface area contributed by atoms with E-state index in [1.165, 1.54) is 7.11 Å². The predicted molar refractivity (Wildman–Crippen MR) is 122 cm³/mol. The smallest absolute Gasteiger partial charge is 0.283 e. The zero-order valence-corrected chi connectivity index (χ0v) is 19.7. The molecule has 172 valence electrons. The van der Waals surface area contributed by atoms with E-state index in [1.807, 2.05) is 31.2 Å². The van der Waals surface area contributed by atoms with Crippen LogP contribution in [-0.2, 0) is 21.3 Å². The molecule has 0 spiro atoms. The van der Waals surface area contributed by atoms with Crippen LogP contribution in [-0.4, -0.2) is 55.7 Å². The van der Waals surface area contributed by atoms with E-state index in [0.29, 0.717) is 23.9 Å².